The van der Waals surface area contributed by atoms with Gasteiger partial charge >= 0.3 is 0 Å². The van der Waals surface area contributed by atoms with Gasteiger partial charge in [0.05, 0.1) is 16.7 Å². The number of nitrogens with one attached hydrogen (secondary N) is 1. The van der Waals surface area contributed by atoms with Crippen molar-refractivity contribution in [1.29, 1.82) is 0 Å². The first kappa shape index (κ1) is 14.1. The van der Waals surface area contributed by atoms with Gasteiger partial charge in [-0.15, -0.1) is 0 Å². The summed E-state index contributed by atoms with van der Waals surface area (Å²) in [6, 6.07) is 4.02. The molecule has 4 nitrogen and oxygen atoms in total. The van der Waals surface area contributed by atoms with Gasteiger partial charge < -0.3 is 5.32 Å². The number of thioether (sulfide) groups is 1. The number of nitro groups is 1. The molecule has 0 radical (unpaired) electrons. The quantitative estimate of drug-likeness (QED) is 0.659. The van der Waals surface area contributed by atoms with Gasteiger partial charge in [-0.3, -0.25) is 10.1 Å². The summed E-state index contributed by atoms with van der Waals surface area (Å²) in [7, 11) is 0. The molecule has 0 aliphatic heterocycles. The SMILES string of the molecule is CCSC1CCCC1Nc1ccc([N+](=O)[O-])cc1F. The highest BCUT2D eigenvalue weighted by Gasteiger charge is 2.27. The predicted octanol–water partition coefficient (Wildman–Crippen LogP) is 3.82. The lowest BCUT2D eigenvalue weighted by atomic mass is 10.2. The van der Waals surface area contributed by atoms with Crippen molar-refractivity contribution in [3.05, 3.63) is 34.1 Å². The molecule has 2 rings (SSSR count). The fourth-order valence-corrected chi connectivity index (χ4v) is 3.64. The number of anilines is 1. The van der Waals surface area contributed by atoms with Crippen LogP contribution in [0.5, 0.6) is 0 Å². The lowest BCUT2D eigenvalue weighted by molar-refractivity contribution is -0.385. The van der Waals surface area contributed by atoms with Gasteiger partial charge in [0.1, 0.15) is 0 Å². The third kappa shape index (κ3) is 3.37. The molecule has 0 spiro atoms. The average Bonchev–Trinajstić information content (AvgIpc) is 2.79. The number of halogens is 1. The van der Waals surface area contributed by atoms with Crippen LogP contribution in [0.1, 0.15) is 26.2 Å². The van der Waals surface area contributed by atoms with Crippen LogP contribution in [0.25, 0.3) is 0 Å². The van der Waals surface area contributed by atoms with Crippen molar-refractivity contribution in [2.24, 2.45) is 0 Å². The maximum Gasteiger partial charge on any atom is 0.272 e. The second kappa shape index (κ2) is 6.23. The fraction of sp³-hybridized carbons (Fsp3) is 0.538. The number of hydrogen-bond donors (Lipinski definition) is 1. The molecule has 1 fully saturated rings. The van der Waals surface area contributed by atoms with Crippen LogP contribution in [-0.2, 0) is 0 Å². The van der Waals surface area contributed by atoms with E-state index in [9.17, 15) is 14.5 Å². The third-order valence-corrected chi connectivity index (χ3v) is 4.66. The van der Waals surface area contributed by atoms with E-state index in [-0.39, 0.29) is 11.7 Å². The van der Waals surface area contributed by atoms with Crippen LogP contribution >= 0.6 is 11.8 Å². The Kier molecular flexibility index (Phi) is 4.63. The Morgan fingerprint density at radius 3 is 2.95 bits per heavy atom. The standard InChI is InChI=1S/C13H17FN2O2S/c1-2-19-13-5-3-4-12(13)15-11-7-6-9(16(17)18)8-10(11)14/h6-8,12-13,15H,2-5H2,1H3. The van der Waals surface area contributed by atoms with Gasteiger partial charge in [-0.25, -0.2) is 4.39 Å². The summed E-state index contributed by atoms with van der Waals surface area (Å²) >= 11 is 1.89. The molecule has 1 aliphatic rings. The minimum absolute atomic E-state index is 0.214. The van der Waals surface area contributed by atoms with E-state index in [1.807, 2.05) is 11.8 Å². The number of nitro benzene ring substituents is 1. The average molecular weight is 284 g/mol. The molecule has 19 heavy (non-hydrogen) atoms. The first-order chi connectivity index (χ1) is 9.11. The number of hydrogen-bond acceptors (Lipinski definition) is 4. The summed E-state index contributed by atoms with van der Waals surface area (Å²) in [5.74, 6) is 0.493. The Balaban J connectivity index is 2.08. The lowest BCUT2D eigenvalue weighted by Crippen LogP contribution is -2.26. The predicted molar refractivity (Wildman–Crippen MR) is 76.2 cm³/mol. The molecule has 0 bridgehead atoms. The Bertz CT molecular complexity index is 470. The highest BCUT2D eigenvalue weighted by molar-refractivity contribution is 7.99. The Morgan fingerprint density at radius 2 is 2.32 bits per heavy atom. The molecule has 1 saturated carbocycles. The summed E-state index contributed by atoms with van der Waals surface area (Å²) in [4.78, 5) is 9.98. The van der Waals surface area contributed by atoms with E-state index in [0.717, 1.165) is 31.1 Å². The van der Waals surface area contributed by atoms with E-state index in [1.165, 1.54) is 12.1 Å². The molecule has 2 atom stereocenters. The molecule has 1 aromatic rings. The van der Waals surface area contributed by atoms with Crippen LogP contribution in [0, 0.1) is 15.9 Å². The van der Waals surface area contributed by atoms with Crippen molar-refractivity contribution in [2.75, 3.05) is 11.1 Å². The van der Waals surface area contributed by atoms with Gasteiger partial charge in [0.15, 0.2) is 5.82 Å². The highest BCUT2D eigenvalue weighted by atomic mass is 32.2. The molecule has 0 aromatic heterocycles. The molecular weight excluding hydrogens is 267 g/mol. The minimum Gasteiger partial charge on any atom is -0.379 e. The topological polar surface area (TPSA) is 55.2 Å². The third-order valence-electron chi connectivity index (χ3n) is 3.34. The highest BCUT2D eigenvalue weighted by Crippen LogP contribution is 2.33. The van der Waals surface area contributed by atoms with Crippen LogP contribution in [-0.4, -0.2) is 22.0 Å². The van der Waals surface area contributed by atoms with Crippen LogP contribution in [0.15, 0.2) is 18.2 Å². The van der Waals surface area contributed by atoms with Gasteiger partial charge in [0.25, 0.3) is 5.69 Å². The summed E-state index contributed by atoms with van der Waals surface area (Å²) < 4.78 is 13.8. The molecule has 0 saturated heterocycles. The minimum atomic E-state index is -0.585. The molecule has 1 aromatic carbocycles. The zero-order valence-corrected chi connectivity index (χ0v) is 11.6. The monoisotopic (exact) mass is 284 g/mol. The summed E-state index contributed by atoms with van der Waals surface area (Å²) in [6.07, 6.45) is 3.31. The van der Waals surface area contributed by atoms with Crippen molar-refractivity contribution < 1.29 is 9.31 Å². The van der Waals surface area contributed by atoms with E-state index < -0.39 is 10.7 Å². The van der Waals surface area contributed by atoms with Crippen LogP contribution in [0.2, 0.25) is 0 Å². The summed E-state index contributed by atoms with van der Waals surface area (Å²) in [6.45, 7) is 2.12. The number of benzene rings is 1. The van der Waals surface area contributed by atoms with Crippen molar-refractivity contribution in [1.82, 2.24) is 0 Å². The maximum absolute atomic E-state index is 13.8. The second-order valence-corrected chi connectivity index (χ2v) is 6.11. The van der Waals surface area contributed by atoms with E-state index in [0.29, 0.717) is 10.9 Å². The zero-order valence-electron chi connectivity index (χ0n) is 10.8. The molecule has 1 aliphatic carbocycles. The first-order valence-corrected chi connectivity index (χ1v) is 7.48. The summed E-state index contributed by atoms with van der Waals surface area (Å²) in [5.41, 5.74) is 0.146. The van der Waals surface area contributed by atoms with Gasteiger partial charge in [-0.05, 0) is 24.7 Å². The van der Waals surface area contributed by atoms with E-state index in [2.05, 4.69) is 12.2 Å². The fourth-order valence-electron chi connectivity index (χ4n) is 2.44. The van der Waals surface area contributed by atoms with Gasteiger partial charge in [-0.1, -0.05) is 13.3 Å². The van der Waals surface area contributed by atoms with Crippen molar-refractivity contribution in [3.8, 4) is 0 Å². The van der Waals surface area contributed by atoms with Gasteiger partial charge in [-0.2, -0.15) is 11.8 Å². The van der Waals surface area contributed by atoms with Crippen LogP contribution in [0.3, 0.4) is 0 Å². The van der Waals surface area contributed by atoms with E-state index in [1.54, 1.807) is 0 Å². The molecule has 2 unspecified atom stereocenters. The molecule has 6 heteroatoms. The van der Waals surface area contributed by atoms with Gasteiger partial charge in [0.2, 0.25) is 0 Å². The molecular formula is C13H17FN2O2S. The molecule has 104 valence electrons. The largest absolute Gasteiger partial charge is 0.379 e. The van der Waals surface area contributed by atoms with Gasteiger partial charge in [0, 0.05) is 17.4 Å². The van der Waals surface area contributed by atoms with Crippen LogP contribution < -0.4 is 5.32 Å². The van der Waals surface area contributed by atoms with Crippen LogP contribution in [0.4, 0.5) is 15.8 Å². The van der Waals surface area contributed by atoms with E-state index in [4.69, 9.17) is 0 Å². The first-order valence-electron chi connectivity index (χ1n) is 6.44. The Morgan fingerprint density at radius 1 is 1.53 bits per heavy atom. The van der Waals surface area contributed by atoms with Crippen molar-refractivity contribution in [2.45, 2.75) is 37.5 Å². The van der Waals surface area contributed by atoms with E-state index >= 15 is 0 Å². The smallest absolute Gasteiger partial charge is 0.272 e. The normalized spacial score (nSPS) is 22.4. The number of nitrogens with zero attached hydrogens (tertiary/aromatic N) is 1. The molecule has 0 heterocycles. The number of rotatable bonds is 5. The molecule has 1 N–H and O–H groups in total. The Hall–Kier alpha value is -1.30. The maximum atomic E-state index is 13.8. The zero-order chi connectivity index (χ0) is 13.8. The van der Waals surface area contributed by atoms with Crippen molar-refractivity contribution in [3.63, 3.8) is 0 Å². The lowest BCUT2D eigenvalue weighted by Gasteiger charge is -2.21. The second-order valence-electron chi connectivity index (χ2n) is 4.60. The van der Waals surface area contributed by atoms with Crippen molar-refractivity contribution >= 4 is 23.1 Å². The molecule has 0 amide bonds. The summed E-state index contributed by atoms with van der Waals surface area (Å²) in [5, 5.41) is 14.3. The Labute approximate surface area is 115 Å². The number of non-ortho nitro benzene ring substituents is 1.